The molecule has 100 valence electrons. The minimum absolute atomic E-state index is 0.959. The SMILES string of the molecule is c1ccc2c(c1)Oc1cccc3c1[As]2c1ccccc1O3. The van der Waals surface area contributed by atoms with Crippen molar-refractivity contribution in [3.63, 3.8) is 0 Å². The van der Waals surface area contributed by atoms with E-state index in [9.17, 15) is 0 Å². The van der Waals surface area contributed by atoms with Gasteiger partial charge in [-0.05, 0) is 0 Å². The standard InChI is InChI=1S/C18H11AsO2/c1-3-8-14-12(6-1)19-13-7-2-4-9-15(13)21-17-11-5-10-16(20-14)18(17)19/h1-11H. The molecule has 0 aromatic heterocycles. The molecule has 3 aromatic carbocycles. The van der Waals surface area contributed by atoms with Crippen LogP contribution < -0.4 is 22.5 Å². The molecule has 0 bridgehead atoms. The third kappa shape index (κ3) is 1.54. The van der Waals surface area contributed by atoms with Crippen molar-refractivity contribution in [1.29, 1.82) is 0 Å². The third-order valence-corrected chi connectivity index (χ3v) is 9.27. The van der Waals surface area contributed by atoms with Gasteiger partial charge in [-0.15, -0.1) is 0 Å². The van der Waals surface area contributed by atoms with Crippen molar-refractivity contribution in [3.05, 3.63) is 66.7 Å². The van der Waals surface area contributed by atoms with Gasteiger partial charge in [0.2, 0.25) is 0 Å². The van der Waals surface area contributed by atoms with Gasteiger partial charge in [0, 0.05) is 0 Å². The zero-order valence-corrected chi connectivity index (χ0v) is 13.0. The molecular weight excluding hydrogens is 323 g/mol. The van der Waals surface area contributed by atoms with Crippen LogP contribution >= 0.6 is 0 Å². The molecule has 0 N–H and O–H groups in total. The number of benzene rings is 3. The van der Waals surface area contributed by atoms with Gasteiger partial charge in [0.25, 0.3) is 0 Å². The zero-order valence-electron chi connectivity index (χ0n) is 11.1. The number of rotatable bonds is 0. The first kappa shape index (κ1) is 11.5. The topological polar surface area (TPSA) is 18.5 Å². The monoisotopic (exact) mass is 334 g/mol. The molecule has 0 radical (unpaired) electrons. The van der Waals surface area contributed by atoms with Crippen LogP contribution in [0.1, 0.15) is 0 Å². The van der Waals surface area contributed by atoms with E-state index in [0.717, 1.165) is 23.0 Å². The van der Waals surface area contributed by atoms with E-state index in [0.29, 0.717) is 0 Å². The van der Waals surface area contributed by atoms with Gasteiger partial charge in [-0.25, -0.2) is 0 Å². The fourth-order valence-electron chi connectivity index (χ4n) is 2.95. The molecule has 2 heterocycles. The summed E-state index contributed by atoms with van der Waals surface area (Å²) in [4.78, 5) is 0. The molecule has 5 rings (SSSR count). The first-order valence-corrected chi connectivity index (χ1v) is 9.70. The Bertz CT molecular complexity index is 805. The maximum atomic E-state index is 6.10. The Kier molecular flexibility index (Phi) is 2.27. The molecule has 0 spiro atoms. The van der Waals surface area contributed by atoms with E-state index in [1.54, 1.807) is 0 Å². The van der Waals surface area contributed by atoms with Crippen molar-refractivity contribution in [2.45, 2.75) is 0 Å². The average molecular weight is 334 g/mol. The van der Waals surface area contributed by atoms with E-state index in [-0.39, 0.29) is 0 Å². The quantitative estimate of drug-likeness (QED) is 0.405. The first-order chi connectivity index (χ1) is 10.4. The minimum atomic E-state index is -1.59. The summed E-state index contributed by atoms with van der Waals surface area (Å²) in [6.07, 6.45) is 0. The average Bonchev–Trinajstić information content (AvgIpc) is 2.54. The van der Waals surface area contributed by atoms with Crippen LogP contribution in [0, 0.1) is 0 Å². The van der Waals surface area contributed by atoms with Crippen LogP contribution in [-0.4, -0.2) is 14.7 Å². The van der Waals surface area contributed by atoms with Gasteiger partial charge in [-0.1, -0.05) is 0 Å². The van der Waals surface area contributed by atoms with Crippen molar-refractivity contribution < 1.29 is 9.47 Å². The van der Waals surface area contributed by atoms with Gasteiger partial charge in [0.1, 0.15) is 0 Å². The van der Waals surface area contributed by atoms with Gasteiger partial charge < -0.3 is 0 Å². The second-order valence-electron chi connectivity index (χ2n) is 5.08. The molecule has 0 amide bonds. The Labute approximate surface area is 127 Å². The molecule has 0 aliphatic carbocycles. The van der Waals surface area contributed by atoms with E-state index in [1.807, 2.05) is 30.3 Å². The van der Waals surface area contributed by atoms with Crippen molar-refractivity contribution in [2.75, 3.05) is 0 Å². The Morgan fingerprint density at radius 1 is 0.524 bits per heavy atom. The molecule has 2 aliphatic rings. The number of hydrogen-bond donors (Lipinski definition) is 0. The normalized spacial score (nSPS) is 14.3. The summed E-state index contributed by atoms with van der Waals surface area (Å²) in [7, 11) is 0. The van der Waals surface area contributed by atoms with Crippen LogP contribution in [0.5, 0.6) is 23.0 Å². The van der Waals surface area contributed by atoms with E-state index in [4.69, 9.17) is 9.47 Å². The fraction of sp³-hybridized carbons (Fsp3) is 0. The molecule has 2 aliphatic heterocycles. The predicted molar refractivity (Wildman–Crippen MR) is 84.1 cm³/mol. The molecular formula is C18H11AsO2. The van der Waals surface area contributed by atoms with Gasteiger partial charge in [0.05, 0.1) is 0 Å². The fourth-order valence-corrected chi connectivity index (χ4v) is 8.35. The zero-order chi connectivity index (χ0) is 13.8. The van der Waals surface area contributed by atoms with Gasteiger partial charge in [0.15, 0.2) is 0 Å². The van der Waals surface area contributed by atoms with Crippen LogP contribution in [-0.2, 0) is 0 Å². The summed E-state index contributed by atoms with van der Waals surface area (Å²) >= 11 is -1.59. The van der Waals surface area contributed by atoms with E-state index in [2.05, 4.69) is 36.4 Å². The molecule has 0 saturated carbocycles. The summed E-state index contributed by atoms with van der Waals surface area (Å²) in [5, 5.41) is 0. The molecule has 0 unspecified atom stereocenters. The van der Waals surface area contributed by atoms with Crippen molar-refractivity contribution in [3.8, 4) is 23.0 Å². The second kappa shape index (κ2) is 4.16. The molecule has 0 fully saturated rings. The van der Waals surface area contributed by atoms with Crippen LogP contribution in [0.15, 0.2) is 66.7 Å². The van der Waals surface area contributed by atoms with Gasteiger partial charge in [-0.2, -0.15) is 0 Å². The predicted octanol–water partition coefficient (Wildman–Crippen LogP) is 2.41. The van der Waals surface area contributed by atoms with Crippen molar-refractivity contribution in [1.82, 2.24) is 0 Å². The number of ether oxygens (including phenoxy) is 2. The maximum absolute atomic E-state index is 6.10. The molecule has 3 heteroatoms. The summed E-state index contributed by atoms with van der Waals surface area (Å²) < 4.78 is 16.2. The first-order valence-electron chi connectivity index (χ1n) is 6.89. The van der Waals surface area contributed by atoms with Crippen molar-refractivity contribution >= 4 is 27.7 Å². The summed E-state index contributed by atoms with van der Waals surface area (Å²) in [5.74, 6) is 3.92. The third-order valence-electron chi connectivity index (χ3n) is 3.84. The Morgan fingerprint density at radius 3 is 1.57 bits per heavy atom. The molecule has 21 heavy (non-hydrogen) atoms. The van der Waals surface area contributed by atoms with E-state index < -0.39 is 14.7 Å². The summed E-state index contributed by atoms with van der Waals surface area (Å²) in [6.45, 7) is 0. The molecule has 3 aromatic rings. The number of hydrogen-bond acceptors (Lipinski definition) is 2. The Balaban J connectivity index is 1.88. The van der Waals surface area contributed by atoms with Crippen LogP contribution in [0.25, 0.3) is 0 Å². The van der Waals surface area contributed by atoms with Crippen LogP contribution in [0.3, 0.4) is 0 Å². The summed E-state index contributed by atoms with van der Waals surface area (Å²) in [6, 6.07) is 22.9. The van der Waals surface area contributed by atoms with Crippen LogP contribution in [0.2, 0.25) is 0 Å². The van der Waals surface area contributed by atoms with Gasteiger partial charge >= 0.3 is 127 Å². The van der Waals surface area contributed by atoms with E-state index in [1.165, 1.54) is 13.1 Å². The number of para-hydroxylation sites is 2. The second-order valence-corrected chi connectivity index (χ2v) is 9.45. The van der Waals surface area contributed by atoms with Crippen molar-refractivity contribution in [2.24, 2.45) is 0 Å². The molecule has 2 nitrogen and oxygen atoms in total. The summed E-state index contributed by atoms with van der Waals surface area (Å²) in [5.41, 5.74) is 0. The van der Waals surface area contributed by atoms with E-state index >= 15 is 0 Å². The van der Waals surface area contributed by atoms with Crippen LogP contribution in [0.4, 0.5) is 0 Å². The number of fused-ring (bicyclic) bond motifs is 4. The Morgan fingerprint density at radius 2 is 1.00 bits per heavy atom. The molecule has 0 saturated heterocycles. The van der Waals surface area contributed by atoms with Gasteiger partial charge in [-0.3, -0.25) is 0 Å². The molecule has 0 atom stereocenters. The Hall–Kier alpha value is -2.18.